The van der Waals surface area contributed by atoms with Crippen LogP contribution in [0.1, 0.15) is 29.3 Å². The number of fused-ring (bicyclic) bond motifs is 3. The van der Waals surface area contributed by atoms with E-state index in [4.69, 9.17) is 0 Å². The largest absolute Gasteiger partial charge is 0.357 e. The van der Waals surface area contributed by atoms with Crippen LogP contribution in [0.25, 0.3) is 10.9 Å². The molecule has 0 spiro atoms. The molecule has 4 aromatic rings. The number of nitrogens with one attached hydrogen (secondary N) is 1. The standard InChI is InChI=1S/C24H26N4S/c1-29-19-10-8-18(9-11-19)24-23-21(20-6-2-3-7-22(20)26-23)12-17-27(24)14-5-16-28-15-4-13-25-28/h2-4,6-11,13,15,24,26H,5,12,14,16-17H2,1H3/t24-/m1/s1. The van der Waals surface area contributed by atoms with Gasteiger partial charge in [0.2, 0.25) is 0 Å². The number of para-hydroxylation sites is 1. The van der Waals surface area contributed by atoms with Crippen molar-refractivity contribution in [2.75, 3.05) is 19.3 Å². The average molecular weight is 403 g/mol. The molecule has 0 amide bonds. The first-order chi connectivity index (χ1) is 14.3. The zero-order valence-corrected chi connectivity index (χ0v) is 17.5. The molecule has 1 aliphatic rings. The predicted octanol–water partition coefficient (Wildman–Crippen LogP) is 5.12. The van der Waals surface area contributed by atoms with E-state index in [2.05, 4.69) is 69.8 Å². The molecular weight excluding hydrogens is 376 g/mol. The third-order valence-corrected chi connectivity index (χ3v) is 6.70. The summed E-state index contributed by atoms with van der Waals surface area (Å²) in [5, 5.41) is 5.73. The van der Waals surface area contributed by atoms with Gasteiger partial charge in [-0.05, 0) is 54.5 Å². The molecule has 0 radical (unpaired) electrons. The van der Waals surface area contributed by atoms with Crippen LogP contribution in [-0.4, -0.2) is 39.0 Å². The fraction of sp³-hybridized carbons (Fsp3) is 0.292. The molecule has 5 rings (SSSR count). The number of hydrogen-bond donors (Lipinski definition) is 1. The highest BCUT2D eigenvalue weighted by Crippen LogP contribution is 2.38. The minimum absolute atomic E-state index is 0.277. The minimum atomic E-state index is 0.277. The van der Waals surface area contributed by atoms with Crippen molar-refractivity contribution in [1.29, 1.82) is 0 Å². The van der Waals surface area contributed by atoms with Crippen molar-refractivity contribution in [3.8, 4) is 0 Å². The summed E-state index contributed by atoms with van der Waals surface area (Å²) in [7, 11) is 0. The smallest absolute Gasteiger partial charge is 0.0757 e. The minimum Gasteiger partial charge on any atom is -0.357 e. The summed E-state index contributed by atoms with van der Waals surface area (Å²) >= 11 is 1.80. The van der Waals surface area contributed by atoms with E-state index < -0.39 is 0 Å². The summed E-state index contributed by atoms with van der Waals surface area (Å²) in [5.41, 5.74) is 5.48. The van der Waals surface area contributed by atoms with Gasteiger partial charge in [-0.25, -0.2) is 0 Å². The maximum atomic E-state index is 4.35. The molecule has 2 aromatic heterocycles. The molecule has 0 unspecified atom stereocenters. The van der Waals surface area contributed by atoms with Crippen LogP contribution in [-0.2, 0) is 13.0 Å². The van der Waals surface area contributed by atoms with Gasteiger partial charge >= 0.3 is 0 Å². The van der Waals surface area contributed by atoms with E-state index in [-0.39, 0.29) is 6.04 Å². The number of benzene rings is 2. The zero-order chi connectivity index (χ0) is 19.6. The van der Waals surface area contributed by atoms with Crippen LogP contribution >= 0.6 is 11.8 Å². The molecule has 1 atom stereocenters. The number of H-pyrrole nitrogens is 1. The number of aryl methyl sites for hydroxylation is 1. The van der Waals surface area contributed by atoms with Gasteiger partial charge in [0.1, 0.15) is 0 Å². The highest BCUT2D eigenvalue weighted by molar-refractivity contribution is 7.98. The fourth-order valence-electron chi connectivity index (χ4n) is 4.56. The third kappa shape index (κ3) is 3.61. The molecule has 1 N–H and O–H groups in total. The Morgan fingerprint density at radius 3 is 2.72 bits per heavy atom. The Morgan fingerprint density at radius 1 is 1.07 bits per heavy atom. The van der Waals surface area contributed by atoms with Crippen LogP contribution in [0.15, 0.2) is 71.9 Å². The Bertz CT molecular complexity index is 1080. The molecule has 5 heteroatoms. The lowest BCUT2D eigenvalue weighted by atomic mass is 9.92. The Morgan fingerprint density at radius 2 is 1.93 bits per heavy atom. The van der Waals surface area contributed by atoms with Crippen molar-refractivity contribution < 1.29 is 0 Å². The van der Waals surface area contributed by atoms with Gasteiger partial charge in [0, 0.05) is 53.5 Å². The molecule has 3 heterocycles. The Balaban J connectivity index is 1.48. The molecule has 0 saturated heterocycles. The molecule has 0 fully saturated rings. The van der Waals surface area contributed by atoms with Gasteiger partial charge in [0.25, 0.3) is 0 Å². The van der Waals surface area contributed by atoms with Gasteiger partial charge in [-0.1, -0.05) is 30.3 Å². The van der Waals surface area contributed by atoms with Crippen LogP contribution in [0.3, 0.4) is 0 Å². The normalized spacial score (nSPS) is 16.9. The van der Waals surface area contributed by atoms with Gasteiger partial charge in [-0.3, -0.25) is 9.58 Å². The van der Waals surface area contributed by atoms with Gasteiger partial charge in [0.15, 0.2) is 0 Å². The Kier molecular flexibility index (Phi) is 5.17. The second-order valence-electron chi connectivity index (χ2n) is 7.65. The van der Waals surface area contributed by atoms with E-state index in [9.17, 15) is 0 Å². The second-order valence-corrected chi connectivity index (χ2v) is 8.53. The quantitative estimate of drug-likeness (QED) is 0.455. The molecule has 2 aromatic carbocycles. The topological polar surface area (TPSA) is 36.9 Å². The van der Waals surface area contributed by atoms with Gasteiger partial charge < -0.3 is 4.98 Å². The van der Waals surface area contributed by atoms with Crippen molar-refractivity contribution in [3.63, 3.8) is 0 Å². The molecule has 0 bridgehead atoms. The Labute approximate surface area is 175 Å². The summed E-state index contributed by atoms with van der Waals surface area (Å²) in [6.45, 7) is 3.10. The summed E-state index contributed by atoms with van der Waals surface area (Å²) < 4.78 is 2.03. The highest BCUT2D eigenvalue weighted by Gasteiger charge is 2.31. The molecule has 0 saturated carbocycles. The SMILES string of the molecule is CSc1ccc([C@@H]2c3[nH]c4ccccc4c3CCN2CCCn2cccn2)cc1. The first-order valence-corrected chi connectivity index (χ1v) is 11.5. The van der Waals surface area contributed by atoms with E-state index in [1.807, 2.05) is 23.1 Å². The molecule has 0 aliphatic carbocycles. The second kappa shape index (κ2) is 8.09. The van der Waals surface area contributed by atoms with Crippen molar-refractivity contribution >= 4 is 22.7 Å². The number of nitrogens with zero attached hydrogens (tertiary/aromatic N) is 3. The summed E-state index contributed by atoms with van der Waals surface area (Å²) in [6.07, 6.45) is 8.22. The van der Waals surface area contributed by atoms with Crippen LogP contribution in [0.5, 0.6) is 0 Å². The zero-order valence-electron chi connectivity index (χ0n) is 16.7. The number of rotatable bonds is 6. The van der Waals surface area contributed by atoms with E-state index >= 15 is 0 Å². The van der Waals surface area contributed by atoms with Gasteiger partial charge in [-0.15, -0.1) is 11.8 Å². The van der Waals surface area contributed by atoms with Gasteiger partial charge in [-0.2, -0.15) is 5.10 Å². The number of aromatic nitrogens is 3. The maximum absolute atomic E-state index is 4.35. The number of aromatic amines is 1. The van der Waals surface area contributed by atoms with Crippen LogP contribution in [0.4, 0.5) is 0 Å². The monoisotopic (exact) mass is 402 g/mol. The van der Waals surface area contributed by atoms with Crippen molar-refractivity contribution in [3.05, 3.63) is 83.8 Å². The Hall–Kier alpha value is -2.50. The fourth-order valence-corrected chi connectivity index (χ4v) is 4.97. The van der Waals surface area contributed by atoms with Crippen molar-refractivity contribution in [2.45, 2.75) is 30.3 Å². The van der Waals surface area contributed by atoms with Crippen molar-refractivity contribution in [1.82, 2.24) is 19.7 Å². The van der Waals surface area contributed by atoms with E-state index in [0.29, 0.717) is 0 Å². The van der Waals surface area contributed by atoms with Crippen molar-refractivity contribution in [2.24, 2.45) is 0 Å². The third-order valence-electron chi connectivity index (χ3n) is 5.96. The molecule has 1 aliphatic heterocycles. The van der Waals surface area contributed by atoms with Crippen LogP contribution < -0.4 is 0 Å². The molecule has 4 nitrogen and oxygen atoms in total. The summed E-state index contributed by atoms with van der Waals surface area (Å²) in [5.74, 6) is 0. The van der Waals surface area contributed by atoms with Crippen LogP contribution in [0.2, 0.25) is 0 Å². The number of thioether (sulfide) groups is 1. The van der Waals surface area contributed by atoms with Crippen LogP contribution in [0, 0.1) is 0 Å². The lowest BCUT2D eigenvalue weighted by Gasteiger charge is -2.36. The molecular formula is C24H26N4S. The number of hydrogen-bond acceptors (Lipinski definition) is 3. The van der Waals surface area contributed by atoms with E-state index in [1.165, 1.54) is 32.6 Å². The summed E-state index contributed by atoms with van der Waals surface area (Å²) in [4.78, 5) is 7.71. The van der Waals surface area contributed by atoms with E-state index in [1.54, 1.807) is 11.8 Å². The lowest BCUT2D eigenvalue weighted by molar-refractivity contribution is 0.204. The molecule has 29 heavy (non-hydrogen) atoms. The van der Waals surface area contributed by atoms with Gasteiger partial charge in [0.05, 0.1) is 6.04 Å². The average Bonchev–Trinajstić information content (AvgIpc) is 3.41. The van der Waals surface area contributed by atoms with E-state index in [0.717, 1.165) is 32.5 Å². The predicted molar refractivity (Wildman–Crippen MR) is 120 cm³/mol. The lowest BCUT2D eigenvalue weighted by Crippen LogP contribution is -2.37. The first-order valence-electron chi connectivity index (χ1n) is 10.3. The highest BCUT2D eigenvalue weighted by atomic mass is 32.2. The summed E-state index contributed by atoms with van der Waals surface area (Å²) in [6, 6.07) is 20.1. The molecule has 148 valence electrons. The maximum Gasteiger partial charge on any atom is 0.0757 e. The first kappa shape index (κ1) is 18.5.